The number of nitrogens with one attached hydrogen (secondary N) is 2. The summed E-state index contributed by atoms with van der Waals surface area (Å²) in [5.41, 5.74) is 0.781. The van der Waals surface area contributed by atoms with E-state index < -0.39 is 19.7 Å². The predicted molar refractivity (Wildman–Crippen MR) is 78.3 cm³/mol. The van der Waals surface area contributed by atoms with Gasteiger partial charge < -0.3 is 20.4 Å². The maximum atomic E-state index is 11.7. The van der Waals surface area contributed by atoms with Crippen LogP contribution in [0.2, 0.25) is 0 Å². The van der Waals surface area contributed by atoms with E-state index in [2.05, 4.69) is 10.6 Å². The molecule has 7 nitrogen and oxygen atoms in total. The van der Waals surface area contributed by atoms with Crippen molar-refractivity contribution in [2.75, 3.05) is 19.3 Å². The zero-order valence-electron chi connectivity index (χ0n) is 11.7. The Morgan fingerprint density at radius 2 is 1.43 bits per heavy atom. The second-order valence-electron chi connectivity index (χ2n) is 4.48. The van der Waals surface area contributed by atoms with Gasteiger partial charge in [-0.2, -0.15) is 0 Å². The molecule has 0 saturated heterocycles. The minimum Gasteiger partial charge on any atom is -0.352 e. The first-order valence-electron chi connectivity index (χ1n) is 6.54. The first-order valence-corrected chi connectivity index (χ1v) is 8.34. The first-order chi connectivity index (χ1) is 9.83. The lowest BCUT2D eigenvalue weighted by Gasteiger charge is -2.07. The molecule has 0 heterocycles. The lowest BCUT2D eigenvalue weighted by atomic mass is 10.1. The molecule has 0 spiro atoms. The SMILES string of the molecule is CCCNC(=O)c1ccc(C(=O)NCCP(=O)(O)O)cc1. The second kappa shape index (κ2) is 7.93. The molecule has 8 heteroatoms. The van der Waals surface area contributed by atoms with Crippen LogP contribution < -0.4 is 10.6 Å². The Kier molecular flexibility index (Phi) is 6.55. The highest BCUT2D eigenvalue weighted by Crippen LogP contribution is 2.32. The molecule has 1 aromatic rings. The molecular weight excluding hydrogens is 295 g/mol. The monoisotopic (exact) mass is 314 g/mol. The highest BCUT2D eigenvalue weighted by atomic mass is 31.2. The van der Waals surface area contributed by atoms with Crippen LogP contribution in [0.15, 0.2) is 24.3 Å². The Balaban J connectivity index is 2.55. The van der Waals surface area contributed by atoms with Crippen LogP contribution >= 0.6 is 7.60 Å². The van der Waals surface area contributed by atoms with Crippen molar-refractivity contribution in [2.45, 2.75) is 13.3 Å². The lowest BCUT2D eigenvalue weighted by molar-refractivity contribution is 0.0942. The van der Waals surface area contributed by atoms with Gasteiger partial charge in [0.05, 0.1) is 6.16 Å². The summed E-state index contributed by atoms with van der Waals surface area (Å²) < 4.78 is 10.7. The van der Waals surface area contributed by atoms with Gasteiger partial charge in [-0.3, -0.25) is 14.2 Å². The van der Waals surface area contributed by atoms with Crippen LogP contribution in [0, 0.1) is 0 Å². The third-order valence-corrected chi connectivity index (χ3v) is 3.44. The Hall–Kier alpha value is -1.69. The highest BCUT2D eigenvalue weighted by molar-refractivity contribution is 7.51. The summed E-state index contributed by atoms with van der Waals surface area (Å²) in [6, 6.07) is 6.05. The molecule has 21 heavy (non-hydrogen) atoms. The van der Waals surface area contributed by atoms with Gasteiger partial charge in [0.1, 0.15) is 0 Å². The molecule has 0 aliphatic rings. The number of hydrogen-bond donors (Lipinski definition) is 4. The normalized spacial score (nSPS) is 11.0. The fourth-order valence-electron chi connectivity index (χ4n) is 1.53. The Labute approximate surface area is 122 Å². The van der Waals surface area contributed by atoms with E-state index in [1.165, 1.54) is 24.3 Å². The summed E-state index contributed by atoms with van der Waals surface area (Å²) in [5, 5.41) is 5.13. The van der Waals surface area contributed by atoms with Crippen molar-refractivity contribution in [3.63, 3.8) is 0 Å². The van der Waals surface area contributed by atoms with Crippen LogP contribution in [-0.2, 0) is 4.57 Å². The number of carbonyl (C=O) groups excluding carboxylic acids is 2. The van der Waals surface area contributed by atoms with E-state index in [9.17, 15) is 14.2 Å². The maximum Gasteiger partial charge on any atom is 0.327 e. The first kappa shape index (κ1) is 17.4. The summed E-state index contributed by atoms with van der Waals surface area (Å²) in [5.74, 6) is -0.644. The molecule has 0 aliphatic heterocycles. The van der Waals surface area contributed by atoms with Gasteiger partial charge in [-0.25, -0.2) is 0 Å². The molecule has 0 aromatic heterocycles. The third-order valence-electron chi connectivity index (χ3n) is 2.63. The predicted octanol–water partition coefficient (Wildman–Crippen LogP) is 0.734. The van der Waals surface area contributed by atoms with Crippen molar-refractivity contribution in [3.05, 3.63) is 35.4 Å². The molecule has 0 aliphatic carbocycles. The van der Waals surface area contributed by atoms with E-state index in [1.807, 2.05) is 6.92 Å². The lowest BCUT2D eigenvalue weighted by Crippen LogP contribution is -2.27. The topological polar surface area (TPSA) is 116 Å². The summed E-state index contributed by atoms with van der Waals surface area (Å²) in [6.45, 7) is 2.43. The second-order valence-corrected chi connectivity index (χ2v) is 6.25. The fourth-order valence-corrected chi connectivity index (χ4v) is 1.93. The number of rotatable bonds is 7. The molecule has 1 aromatic carbocycles. The van der Waals surface area contributed by atoms with Gasteiger partial charge in [0, 0.05) is 24.2 Å². The van der Waals surface area contributed by atoms with Crippen LogP contribution in [0.5, 0.6) is 0 Å². The molecule has 0 saturated carbocycles. The summed E-state index contributed by atoms with van der Waals surface area (Å²) in [4.78, 5) is 40.8. The molecule has 0 atom stereocenters. The largest absolute Gasteiger partial charge is 0.352 e. The molecule has 4 N–H and O–H groups in total. The van der Waals surface area contributed by atoms with Crippen LogP contribution in [0.1, 0.15) is 34.1 Å². The van der Waals surface area contributed by atoms with Crippen molar-refractivity contribution in [3.8, 4) is 0 Å². The van der Waals surface area contributed by atoms with Gasteiger partial charge in [0.2, 0.25) is 0 Å². The highest BCUT2D eigenvalue weighted by Gasteiger charge is 2.13. The average Bonchev–Trinajstić information content (AvgIpc) is 2.43. The standard InChI is InChI=1S/C13H19N2O5P/c1-2-7-14-12(16)10-3-5-11(6-4-10)13(17)15-8-9-21(18,19)20/h3-6H,2,7-9H2,1H3,(H,14,16)(H,15,17)(H2,18,19,20). The molecule has 0 unspecified atom stereocenters. The fraction of sp³-hybridized carbons (Fsp3) is 0.385. The smallest absolute Gasteiger partial charge is 0.327 e. The van der Waals surface area contributed by atoms with Crippen molar-refractivity contribution in [2.24, 2.45) is 0 Å². The molecular formula is C13H19N2O5P. The average molecular weight is 314 g/mol. The molecule has 0 fully saturated rings. The van der Waals surface area contributed by atoms with E-state index in [1.54, 1.807) is 0 Å². The Bertz CT molecular complexity index is 538. The van der Waals surface area contributed by atoms with Crippen molar-refractivity contribution in [1.82, 2.24) is 10.6 Å². The number of hydrogen-bond acceptors (Lipinski definition) is 3. The van der Waals surface area contributed by atoms with E-state index in [4.69, 9.17) is 9.79 Å². The van der Waals surface area contributed by atoms with E-state index in [-0.39, 0.29) is 12.5 Å². The van der Waals surface area contributed by atoms with Gasteiger partial charge in [-0.05, 0) is 30.7 Å². The third kappa shape index (κ3) is 6.53. The van der Waals surface area contributed by atoms with Gasteiger partial charge >= 0.3 is 7.60 Å². The minimum absolute atomic E-state index is 0.109. The summed E-state index contributed by atoms with van der Waals surface area (Å²) in [7, 11) is -4.11. The maximum absolute atomic E-state index is 11.7. The van der Waals surface area contributed by atoms with Crippen LogP contribution in [0.25, 0.3) is 0 Å². The minimum atomic E-state index is -4.11. The summed E-state index contributed by atoms with van der Waals surface area (Å²) >= 11 is 0. The number of carbonyl (C=O) groups is 2. The molecule has 1 rings (SSSR count). The molecule has 116 valence electrons. The summed E-state index contributed by atoms with van der Waals surface area (Å²) in [6.07, 6.45) is 0.433. The van der Waals surface area contributed by atoms with E-state index >= 15 is 0 Å². The zero-order chi connectivity index (χ0) is 15.9. The van der Waals surface area contributed by atoms with Gasteiger partial charge in [0.25, 0.3) is 11.8 Å². The van der Waals surface area contributed by atoms with E-state index in [0.717, 1.165) is 6.42 Å². The quantitative estimate of drug-likeness (QED) is 0.554. The Morgan fingerprint density at radius 3 is 1.81 bits per heavy atom. The Morgan fingerprint density at radius 1 is 1.00 bits per heavy atom. The number of amides is 2. The van der Waals surface area contributed by atoms with Crippen LogP contribution in [-0.4, -0.2) is 40.9 Å². The van der Waals surface area contributed by atoms with Gasteiger partial charge in [-0.15, -0.1) is 0 Å². The number of benzene rings is 1. The van der Waals surface area contributed by atoms with E-state index in [0.29, 0.717) is 17.7 Å². The molecule has 2 amide bonds. The van der Waals surface area contributed by atoms with Crippen molar-refractivity contribution >= 4 is 19.4 Å². The van der Waals surface area contributed by atoms with Gasteiger partial charge in [0.15, 0.2) is 0 Å². The molecule has 0 radical (unpaired) electrons. The van der Waals surface area contributed by atoms with Crippen LogP contribution in [0.4, 0.5) is 0 Å². The molecule has 0 bridgehead atoms. The zero-order valence-corrected chi connectivity index (χ0v) is 12.6. The van der Waals surface area contributed by atoms with Crippen molar-refractivity contribution in [1.29, 1.82) is 0 Å². The van der Waals surface area contributed by atoms with Gasteiger partial charge in [-0.1, -0.05) is 6.92 Å². The van der Waals surface area contributed by atoms with Crippen LogP contribution in [0.3, 0.4) is 0 Å². The van der Waals surface area contributed by atoms with Crippen molar-refractivity contribution < 1.29 is 23.9 Å².